The van der Waals surface area contributed by atoms with E-state index in [4.69, 9.17) is 20.2 Å². The number of aliphatic hydroxyl groups excluding tert-OH is 1. The van der Waals surface area contributed by atoms with Crippen LogP contribution in [0.1, 0.15) is 31.9 Å². The number of hydrogen-bond donors (Lipinski definition) is 3. The van der Waals surface area contributed by atoms with Crippen LogP contribution in [0.15, 0.2) is 18.2 Å². The molecule has 1 heterocycles. The van der Waals surface area contributed by atoms with Gasteiger partial charge in [-0.25, -0.2) is 0 Å². The molecule has 0 saturated heterocycles. The number of ether oxygens (including phenoxy) is 1. The molecule has 0 aliphatic carbocycles. The maximum absolute atomic E-state index is 9.81. The molecular weight excluding hydrogens is 245 g/mol. The van der Waals surface area contributed by atoms with E-state index in [1.807, 2.05) is 26.0 Å². The van der Waals surface area contributed by atoms with Crippen molar-refractivity contribution < 1.29 is 19.5 Å². The van der Waals surface area contributed by atoms with Crippen molar-refractivity contribution in [2.24, 2.45) is 5.73 Å². The zero-order valence-electron chi connectivity index (χ0n) is 11.5. The Bertz CT molecular complexity index is 389. The third-order valence-electron chi connectivity index (χ3n) is 2.76. The molecule has 4 N–H and O–H groups in total. The van der Waals surface area contributed by atoms with Crippen molar-refractivity contribution in [3.63, 3.8) is 0 Å². The lowest BCUT2D eigenvalue weighted by atomic mass is 9.78. The van der Waals surface area contributed by atoms with Gasteiger partial charge in [0, 0.05) is 25.0 Å². The van der Waals surface area contributed by atoms with E-state index in [0.717, 1.165) is 5.56 Å². The number of fused-ring (bicyclic) bond motifs is 1. The predicted molar refractivity (Wildman–Crippen MR) is 75.5 cm³/mol. The minimum Gasteiger partial charge on any atom is -0.494 e. The Balaban J connectivity index is 0.000000861. The van der Waals surface area contributed by atoms with E-state index in [1.165, 1.54) is 0 Å². The summed E-state index contributed by atoms with van der Waals surface area (Å²) in [5, 5.41) is 18.5. The van der Waals surface area contributed by atoms with Crippen LogP contribution < -0.4 is 15.9 Å². The summed E-state index contributed by atoms with van der Waals surface area (Å²) >= 11 is 0. The number of benzene rings is 1. The maximum Gasteiger partial charge on any atom is 0.495 e. The molecule has 2 rings (SSSR count). The molecule has 0 amide bonds. The first-order valence-electron chi connectivity index (χ1n) is 6.68. The average molecular weight is 267 g/mol. The lowest BCUT2D eigenvalue weighted by Gasteiger charge is -2.11. The van der Waals surface area contributed by atoms with Crippen molar-refractivity contribution in [2.45, 2.75) is 26.4 Å². The van der Waals surface area contributed by atoms with E-state index < -0.39 is 7.12 Å². The molecule has 1 aromatic rings. The van der Waals surface area contributed by atoms with Crippen LogP contribution in [0.3, 0.4) is 0 Å². The first-order valence-corrected chi connectivity index (χ1v) is 6.68. The Hall–Kier alpha value is -1.08. The van der Waals surface area contributed by atoms with Gasteiger partial charge in [0.05, 0.1) is 12.7 Å². The summed E-state index contributed by atoms with van der Waals surface area (Å²) < 4.78 is 10.8. The Kier molecular flexibility index (Phi) is 6.87. The molecule has 1 aliphatic heterocycles. The lowest BCUT2D eigenvalue weighted by molar-refractivity contribution is 0.198. The molecule has 0 spiro atoms. The number of nitrogens with two attached hydrogens (primary N) is 1. The molecule has 19 heavy (non-hydrogen) atoms. The molecule has 6 heteroatoms. The van der Waals surface area contributed by atoms with E-state index in [2.05, 4.69) is 0 Å². The summed E-state index contributed by atoms with van der Waals surface area (Å²) in [7, 11) is -0.983. The highest BCUT2D eigenvalue weighted by molar-refractivity contribution is 6.62. The van der Waals surface area contributed by atoms with Gasteiger partial charge in [-0.1, -0.05) is 26.0 Å². The molecule has 1 unspecified atom stereocenters. The van der Waals surface area contributed by atoms with Crippen LogP contribution in [-0.4, -0.2) is 37.0 Å². The number of rotatable bonds is 5. The van der Waals surface area contributed by atoms with Crippen molar-refractivity contribution in [2.75, 3.05) is 19.8 Å². The van der Waals surface area contributed by atoms with Crippen LogP contribution in [0.5, 0.6) is 5.75 Å². The molecule has 0 radical (unpaired) electrons. The fourth-order valence-electron chi connectivity index (χ4n) is 1.96. The van der Waals surface area contributed by atoms with Gasteiger partial charge < -0.3 is 25.3 Å². The molecule has 0 aromatic heterocycles. The van der Waals surface area contributed by atoms with Gasteiger partial charge >= 0.3 is 7.12 Å². The molecule has 1 atom stereocenters. The van der Waals surface area contributed by atoms with Gasteiger partial charge in [-0.2, -0.15) is 0 Å². The van der Waals surface area contributed by atoms with Crippen molar-refractivity contribution in [1.82, 2.24) is 0 Å². The second-order valence-corrected chi connectivity index (χ2v) is 3.90. The van der Waals surface area contributed by atoms with Crippen LogP contribution >= 0.6 is 0 Å². The normalized spacial score (nSPS) is 16.7. The molecule has 1 aliphatic rings. The van der Waals surface area contributed by atoms with Crippen molar-refractivity contribution in [1.29, 1.82) is 0 Å². The molecule has 0 bridgehead atoms. The van der Waals surface area contributed by atoms with Crippen LogP contribution in [0.2, 0.25) is 0 Å². The Morgan fingerprint density at radius 3 is 2.79 bits per heavy atom. The topological polar surface area (TPSA) is 84.9 Å². The maximum atomic E-state index is 9.81. The number of aliphatic hydroxyl groups is 1. The van der Waals surface area contributed by atoms with Crippen LogP contribution in [0.4, 0.5) is 0 Å². The first-order chi connectivity index (χ1) is 9.27. The lowest BCUT2D eigenvalue weighted by Crippen LogP contribution is -2.30. The summed E-state index contributed by atoms with van der Waals surface area (Å²) in [5.74, 6) is 0.597. The summed E-state index contributed by atoms with van der Waals surface area (Å²) in [6, 6.07) is 5.50. The molecule has 0 saturated carbocycles. The van der Waals surface area contributed by atoms with Gasteiger partial charge in [0.15, 0.2) is 0 Å². The van der Waals surface area contributed by atoms with Gasteiger partial charge in [0.25, 0.3) is 0 Å². The summed E-state index contributed by atoms with van der Waals surface area (Å²) in [4.78, 5) is 0. The quantitative estimate of drug-likeness (QED) is 0.524. The molecule has 0 fully saturated rings. The van der Waals surface area contributed by atoms with Crippen LogP contribution in [0.25, 0.3) is 0 Å². The fraction of sp³-hybridized carbons (Fsp3) is 0.538. The molecule has 1 aromatic carbocycles. The van der Waals surface area contributed by atoms with Crippen molar-refractivity contribution in [3.05, 3.63) is 23.8 Å². The number of hydrogen-bond acceptors (Lipinski definition) is 5. The third-order valence-corrected chi connectivity index (χ3v) is 2.76. The van der Waals surface area contributed by atoms with Gasteiger partial charge in [-0.05, 0) is 11.6 Å². The third kappa shape index (κ3) is 3.70. The van der Waals surface area contributed by atoms with E-state index in [9.17, 15) is 5.02 Å². The largest absolute Gasteiger partial charge is 0.495 e. The smallest absolute Gasteiger partial charge is 0.494 e. The van der Waals surface area contributed by atoms with Gasteiger partial charge in [-0.3, -0.25) is 0 Å². The zero-order chi connectivity index (χ0) is 14.3. The molecule has 5 nitrogen and oxygen atoms in total. The monoisotopic (exact) mass is 267 g/mol. The highest BCUT2D eigenvalue weighted by Crippen LogP contribution is 2.26. The highest BCUT2D eigenvalue weighted by Gasteiger charge is 2.37. The zero-order valence-corrected chi connectivity index (χ0v) is 11.5. The predicted octanol–water partition coefficient (Wildman–Crippen LogP) is 0.192. The van der Waals surface area contributed by atoms with Gasteiger partial charge in [-0.15, -0.1) is 0 Å². The van der Waals surface area contributed by atoms with Crippen molar-refractivity contribution >= 4 is 12.6 Å². The summed E-state index contributed by atoms with van der Waals surface area (Å²) in [5.41, 5.74) is 7.10. The summed E-state index contributed by atoms with van der Waals surface area (Å²) in [6.45, 7) is 4.82. The van der Waals surface area contributed by atoms with Gasteiger partial charge in [0.1, 0.15) is 5.75 Å². The molecular formula is C13H22BNO4. The molecule has 106 valence electrons. The summed E-state index contributed by atoms with van der Waals surface area (Å²) in [6.07, 6.45) is 0.280. The van der Waals surface area contributed by atoms with E-state index in [0.29, 0.717) is 30.8 Å². The minimum atomic E-state index is -0.983. The average Bonchev–Trinajstić information content (AvgIpc) is 2.79. The Morgan fingerprint density at radius 1 is 1.42 bits per heavy atom. The SMILES string of the molecule is CC.NCC1OB(O)c2c(OCCCO)cccc21. The van der Waals surface area contributed by atoms with Crippen LogP contribution in [-0.2, 0) is 4.65 Å². The van der Waals surface area contributed by atoms with Crippen molar-refractivity contribution in [3.8, 4) is 5.75 Å². The van der Waals surface area contributed by atoms with Crippen LogP contribution in [0, 0.1) is 0 Å². The highest BCUT2D eigenvalue weighted by atomic mass is 16.5. The minimum absolute atomic E-state index is 0.0828. The second-order valence-electron chi connectivity index (χ2n) is 3.90. The standard InChI is InChI=1S/C11H16BNO4.C2H6/c13-7-10-8-3-1-4-9(16-6-2-5-14)11(8)12(15)17-10;1-2/h1,3-4,10,14-15H,2,5-7,13H2;1-2H3. The van der Waals surface area contributed by atoms with E-state index in [-0.39, 0.29) is 12.7 Å². The fourth-order valence-corrected chi connectivity index (χ4v) is 1.96. The van der Waals surface area contributed by atoms with E-state index >= 15 is 0 Å². The second kappa shape index (κ2) is 8.17. The first kappa shape index (κ1) is 16.0. The van der Waals surface area contributed by atoms with E-state index in [1.54, 1.807) is 6.07 Å². The Morgan fingerprint density at radius 2 is 2.16 bits per heavy atom. The Labute approximate surface area is 114 Å². The van der Waals surface area contributed by atoms with Gasteiger partial charge in [0.2, 0.25) is 0 Å².